The molecule has 2 aliphatic rings. The molecule has 1 saturated heterocycles. The number of hydrogen-bond donors (Lipinski definition) is 3. The maximum atomic E-state index is 12.9. The number of nitrogens with zero attached hydrogens (tertiary/aromatic N) is 2. The highest BCUT2D eigenvalue weighted by atomic mass is 16.6. The van der Waals surface area contributed by atoms with Gasteiger partial charge in [0.15, 0.2) is 0 Å². The lowest BCUT2D eigenvalue weighted by Crippen LogP contribution is -2.58. The van der Waals surface area contributed by atoms with Gasteiger partial charge in [-0.15, -0.1) is 0 Å². The molecule has 35 heavy (non-hydrogen) atoms. The summed E-state index contributed by atoms with van der Waals surface area (Å²) < 4.78 is 6.85. The summed E-state index contributed by atoms with van der Waals surface area (Å²) in [7, 11) is 0. The summed E-state index contributed by atoms with van der Waals surface area (Å²) >= 11 is 0. The van der Waals surface area contributed by atoms with E-state index in [4.69, 9.17) is 4.74 Å². The van der Waals surface area contributed by atoms with Gasteiger partial charge in [0, 0.05) is 42.6 Å². The third kappa shape index (κ3) is 5.21. The largest absolute Gasteiger partial charge is 0.511 e. The van der Waals surface area contributed by atoms with E-state index in [1.165, 1.54) is 15.5 Å². The monoisotopic (exact) mass is 480 g/mol. The van der Waals surface area contributed by atoms with E-state index in [1.807, 2.05) is 0 Å². The van der Waals surface area contributed by atoms with Gasteiger partial charge in [0.2, 0.25) is 0 Å². The predicted molar refractivity (Wildman–Crippen MR) is 128 cm³/mol. The molecule has 2 aromatic rings. The van der Waals surface area contributed by atoms with Crippen LogP contribution in [0.3, 0.4) is 0 Å². The van der Waals surface area contributed by atoms with E-state index < -0.39 is 35.5 Å². The van der Waals surface area contributed by atoms with Crippen molar-refractivity contribution in [3.63, 3.8) is 0 Å². The van der Waals surface area contributed by atoms with Crippen molar-refractivity contribution in [3.05, 3.63) is 70.3 Å². The molecule has 3 N–H and O–H groups in total. The number of fused-ring (bicyclic) bond motifs is 1. The average molecular weight is 481 g/mol. The molecule has 0 aliphatic carbocycles. The molecule has 4 rings (SSSR count). The lowest BCUT2D eigenvalue weighted by molar-refractivity contribution is -0.124. The molecule has 2 aliphatic heterocycles. The molecule has 1 aromatic carbocycles. The van der Waals surface area contributed by atoms with Gasteiger partial charge < -0.3 is 25.4 Å². The molecule has 0 bridgehead atoms. The Balaban J connectivity index is 1.46. The van der Waals surface area contributed by atoms with E-state index in [2.05, 4.69) is 10.6 Å². The highest BCUT2D eigenvalue weighted by molar-refractivity contribution is 6.23. The third-order valence-corrected chi connectivity index (χ3v) is 5.87. The summed E-state index contributed by atoms with van der Waals surface area (Å²) in [6, 6.07) is 10.8. The molecule has 0 spiro atoms. The first kappa shape index (κ1) is 24.1. The van der Waals surface area contributed by atoms with Crippen LogP contribution in [0.1, 0.15) is 27.2 Å². The minimum atomic E-state index is -0.738. The zero-order valence-electron chi connectivity index (χ0n) is 19.8. The van der Waals surface area contributed by atoms with Crippen molar-refractivity contribution in [2.45, 2.75) is 38.8 Å². The lowest BCUT2D eigenvalue weighted by Gasteiger charge is -2.41. The Hall–Kier alpha value is -4.08. The second-order valence-electron chi connectivity index (χ2n) is 9.57. The van der Waals surface area contributed by atoms with E-state index in [0.29, 0.717) is 24.3 Å². The van der Waals surface area contributed by atoms with Crippen LogP contribution < -0.4 is 16.2 Å². The first-order chi connectivity index (χ1) is 16.5. The average Bonchev–Trinajstić information content (AvgIpc) is 2.78. The molecule has 3 heterocycles. The summed E-state index contributed by atoms with van der Waals surface area (Å²) in [4.78, 5) is 51.4. The van der Waals surface area contributed by atoms with Crippen molar-refractivity contribution in [2.75, 3.05) is 18.4 Å². The van der Waals surface area contributed by atoms with Crippen LogP contribution in [0.4, 0.5) is 10.5 Å². The fourth-order valence-corrected chi connectivity index (χ4v) is 4.22. The number of amides is 3. The summed E-state index contributed by atoms with van der Waals surface area (Å²) in [6.07, 6.45) is 1.52. The molecule has 2 atom stereocenters. The second kappa shape index (κ2) is 9.28. The predicted octanol–water partition coefficient (Wildman–Crippen LogP) is 2.34. The zero-order valence-corrected chi connectivity index (χ0v) is 19.8. The Morgan fingerprint density at radius 2 is 1.83 bits per heavy atom. The normalized spacial score (nSPS) is 20.1. The van der Waals surface area contributed by atoms with Crippen LogP contribution in [-0.2, 0) is 14.3 Å². The van der Waals surface area contributed by atoms with Crippen LogP contribution in [0.5, 0.6) is 0 Å². The van der Waals surface area contributed by atoms with Gasteiger partial charge in [0.05, 0.1) is 6.04 Å². The molecular formula is C25H28N4O6. The first-order valence-corrected chi connectivity index (χ1v) is 11.3. The van der Waals surface area contributed by atoms with Crippen LogP contribution >= 0.6 is 0 Å². The van der Waals surface area contributed by atoms with Crippen LogP contribution in [0.25, 0.3) is 5.69 Å². The Kier molecular flexibility index (Phi) is 6.38. The van der Waals surface area contributed by atoms with Gasteiger partial charge in [-0.1, -0.05) is 6.07 Å². The van der Waals surface area contributed by atoms with Gasteiger partial charge in [-0.2, -0.15) is 0 Å². The molecule has 0 saturated carbocycles. The minimum absolute atomic E-state index is 0.171. The van der Waals surface area contributed by atoms with Crippen molar-refractivity contribution >= 4 is 23.6 Å². The number of aromatic nitrogens is 1. The number of likely N-dealkylation sites (tertiary alicyclic amines) is 1. The molecule has 10 heteroatoms. The van der Waals surface area contributed by atoms with Crippen LogP contribution in [0, 0.1) is 5.92 Å². The highest BCUT2D eigenvalue weighted by Gasteiger charge is 2.43. The number of piperidine rings is 1. The topological polar surface area (TPSA) is 130 Å². The Morgan fingerprint density at radius 3 is 2.49 bits per heavy atom. The first-order valence-electron chi connectivity index (χ1n) is 11.3. The molecular weight excluding hydrogens is 452 g/mol. The van der Waals surface area contributed by atoms with Crippen LogP contribution in [-0.4, -0.2) is 57.2 Å². The smallest absolute Gasteiger partial charge is 0.410 e. The second-order valence-corrected chi connectivity index (χ2v) is 9.57. The van der Waals surface area contributed by atoms with E-state index in [0.717, 1.165) is 0 Å². The van der Waals surface area contributed by atoms with E-state index in [1.54, 1.807) is 63.4 Å². The van der Waals surface area contributed by atoms with Crippen molar-refractivity contribution in [3.8, 4) is 5.69 Å². The Morgan fingerprint density at radius 1 is 1.11 bits per heavy atom. The number of carbonyl (C=O) groups is 3. The summed E-state index contributed by atoms with van der Waals surface area (Å²) in [6.45, 7) is 5.81. The standard InChI is InChI=1S/C25H28N4O6/c1-25(2,3)35-24(34)28-13-11-17-18(14-28)27-23(33)20(21(17)31)22(32)26-15-7-9-16(10-8-15)29-12-5-4-6-19(29)30/h4-10,12,17-18,31H,11,13-14H2,1-3H3,(H,26,32)(H,27,33). The van der Waals surface area contributed by atoms with Gasteiger partial charge >= 0.3 is 6.09 Å². The highest BCUT2D eigenvalue weighted by Crippen LogP contribution is 2.31. The molecule has 3 amide bonds. The number of rotatable bonds is 3. The van der Waals surface area contributed by atoms with Crippen molar-refractivity contribution in [1.82, 2.24) is 14.8 Å². The number of aliphatic hydroxyl groups is 1. The molecule has 10 nitrogen and oxygen atoms in total. The summed E-state index contributed by atoms with van der Waals surface area (Å²) in [5.41, 5.74) is -0.166. The van der Waals surface area contributed by atoms with Gasteiger partial charge in [0.1, 0.15) is 16.9 Å². The van der Waals surface area contributed by atoms with Gasteiger partial charge in [-0.05, 0) is 57.5 Å². The minimum Gasteiger partial charge on any atom is -0.511 e. The maximum absolute atomic E-state index is 12.9. The van der Waals surface area contributed by atoms with Gasteiger partial charge in [0.25, 0.3) is 17.4 Å². The number of hydrogen-bond acceptors (Lipinski definition) is 6. The van der Waals surface area contributed by atoms with Crippen molar-refractivity contribution in [2.24, 2.45) is 5.92 Å². The summed E-state index contributed by atoms with van der Waals surface area (Å²) in [5, 5.41) is 16.2. The molecule has 1 fully saturated rings. The number of carbonyl (C=O) groups excluding carboxylic acids is 3. The lowest BCUT2D eigenvalue weighted by atomic mass is 9.84. The number of aliphatic hydroxyl groups excluding tert-OH is 1. The molecule has 0 radical (unpaired) electrons. The molecule has 2 unspecified atom stereocenters. The fourth-order valence-electron chi connectivity index (χ4n) is 4.22. The SMILES string of the molecule is CC(C)(C)OC(=O)N1CCC2C(O)=C(C(=O)Nc3ccc(-n4ccccc4=O)cc3)C(=O)NC2C1. The van der Waals surface area contributed by atoms with Gasteiger partial charge in [-0.25, -0.2) is 4.79 Å². The Labute approximate surface area is 202 Å². The van der Waals surface area contributed by atoms with Crippen LogP contribution in [0.15, 0.2) is 64.8 Å². The Bertz CT molecular complexity index is 1240. The molecule has 1 aromatic heterocycles. The van der Waals surface area contributed by atoms with Crippen LogP contribution in [0.2, 0.25) is 0 Å². The number of nitrogens with one attached hydrogen (secondary N) is 2. The zero-order chi connectivity index (χ0) is 25.3. The fraction of sp³-hybridized carbons (Fsp3) is 0.360. The van der Waals surface area contributed by atoms with Crippen molar-refractivity contribution < 1.29 is 24.2 Å². The third-order valence-electron chi connectivity index (χ3n) is 5.87. The number of ether oxygens (including phenoxy) is 1. The summed E-state index contributed by atoms with van der Waals surface area (Å²) in [5.74, 6) is -2.22. The maximum Gasteiger partial charge on any atom is 0.410 e. The van der Waals surface area contributed by atoms with Gasteiger partial charge in [-0.3, -0.25) is 19.0 Å². The molecule has 184 valence electrons. The quantitative estimate of drug-likeness (QED) is 0.578. The van der Waals surface area contributed by atoms with E-state index >= 15 is 0 Å². The number of anilines is 1. The number of pyridine rings is 1. The van der Waals surface area contributed by atoms with E-state index in [9.17, 15) is 24.3 Å². The van der Waals surface area contributed by atoms with E-state index in [-0.39, 0.29) is 23.4 Å². The number of benzene rings is 1. The van der Waals surface area contributed by atoms with Crippen molar-refractivity contribution in [1.29, 1.82) is 0 Å².